The van der Waals surface area contributed by atoms with Crippen molar-refractivity contribution in [1.29, 1.82) is 0 Å². The molecule has 0 radical (unpaired) electrons. The molecule has 1 atom stereocenters. The second-order valence-corrected chi connectivity index (χ2v) is 19.5. The highest BCUT2D eigenvalue weighted by Crippen LogP contribution is 2.41. The number of benzene rings is 9. The van der Waals surface area contributed by atoms with Crippen LogP contribution in [0.3, 0.4) is 0 Å². The van der Waals surface area contributed by atoms with Gasteiger partial charge in [-0.05, 0) is 153 Å². The van der Waals surface area contributed by atoms with Gasteiger partial charge in [-0.3, -0.25) is 9.55 Å². The van der Waals surface area contributed by atoms with Crippen molar-refractivity contribution < 1.29 is 0 Å². The summed E-state index contributed by atoms with van der Waals surface area (Å²) in [6, 6.07) is 86.1. The Bertz CT molecular complexity index is 3730. The molecule has 1 aliphatic rings. The Kier molecular flexibility index (Phi) is 13.3. The maximum Gasteiger partial charge on any atom is 0.144 e. The molecule has 0 fully saturated rings. The highest BCUT2D eigenvalue weighted by Gasteiger charge is 2.22. The van der Waals surface area contributed by atoms with Crippen molar-refractivity contribution in [1.82, 2.24) is 19.9 Å². The van der Waals surface area contributed by atoms with Crippen LogP contribution >= 0.6 is 0 Å². The van der Waals surface area contributed by atoms with Gasteiger partial charge in [0, 0.05) is 53.5 Å². The van der Waals surface area contributed by atoms with Crippen molar-refractivity contribution >= 4 is 5.69 Å². The molecule has 1 N–H and O–H groups in total. The Hall–Kier alpha value is -9.32. The highest BCUT2D eigenvalue weighted by molar-refractivity contribution is 5.94. The minimum Gasteiger partial charge on any atom is -0.366 e. The van der Waals surface area contributed by atoms with Crippen LogP contribution in [0.2, 0.25) is 0 Å². The summed E-state index contributed by atoms with van der Waals surface area (Å²) in [4.78, 5) is 11.9. The van der Waals surface area contributed by atoms with E-state index in [1.54, 1.807) is 0 Å². The average molecular weight is 968 g/mol. The van der Waals surface area contributed by atoms with Gasteiger partial charge in [0.2, 0.25) is 0 Å². The third kappa shape index (κ3) is 10.4. The number of aromatic nitrogens is 3. The number of rotatable bonds is 15. The molecular formula is C70H57N5. The summed E-state index contributed by atoms with van der Waals surface area (Å²) in [5, 5.41) is 3.56. The molecule has 75 heavy (non-hydrogen) atoms. The van der Waals surface area contributed by atoms with Crippen molar-refractivity contribution in [3.05, 3.63) is 301 Å². The first-order valence-corrected chi connectivity index (χ1v) is 26.0. The second-order valence-electron chi connectivity index (χ2n) is 19.5. The molecule has 0 saturated heterocycles. The molecule has 0 saturated carbocycles. The molecule has 0 bridgehead atoms. The van der Waals surface area contributed by atoms with E-state index in [2.05, 4.69) is 258 Å². The van der Waals surface area contributed by atoms with Gasteiger partial charge in [-0.1, -0.05) is 194 Å². The van der Waals surface area contributed by atoms with Crippen LogP contribution in [-0.2, 0) is 25.7 Å². The largest absolute Gasteiger partial charge is 0.366 e. The van der Waals surface area contributed by atoms with Crippen LogP contribution in [0.25, 0.3) is 72.8 Å². The number of hydrogen-bond donors (Lipinski definition) is 1. The molecule has 12 rings (SSSR count). The van der Waals surface area contributed by atoms with Crippen molar-refractivity contribution in [2.45, 2.75) is 38.8 Å². The molecule has 0 amide bonds. The van der Waals surface area contributed by atoms with E-state index < -0.39 is 0 Å². The number of nitrogens with one attached hydrogen (secondary N) is 1. The zero-order valence-corrected chi connectivity index (χ0v) is 42.1. The lowest BCUT2D eigenvalue weighted by atomic mass is 9.86. The lowest BCUT2D eigenvalue weighted by molar-refractivity contribution is 0.667. The minimum atomic E-state index is 0.0546. The molecule has 0 spiro atoms. The van der Waals surface area contributed by atoms with E-state index in [1.165, 1.54) is 78.0 Å². The Balaban J connectivity index is 0.878. The van der Waals surface area contributed by atoms with Gasteiger partial charge >= 0.3 is 0 Å². The summed E-state index contributed by atoms with van der Waals surface area (Å²) in [6.07, 6.45) is 13.7. The summed E-state index contributed by atoms with van der Waals surface area (Å²) in [5.41, 5.74) is 22.7. The van der Waals surface area contributed by atoms with E-state index in [1.807, 2.05) is 30.9 Å². The zero-order valence-electron chi connectivity index (χ0n) is 42.1. The Morgan fingerprint density at radius 2 is 0.960 bits per heavy atom. The van der Waals surface area contributed by atoms with E-state index >= 15 is 0 Å². The van der Waals surface area contributed by atoms with Gasteiger partial charge in [0.25, 0.3) is 0 Å². The van der Waals surface area contributed by atoms with Crippen LogP contribution in [0.4, 0.5) is 5.69 Å². The van der Waals surface area contributed by atoms with Crippen molar-refractivity contribution in [3.63, 3.8) is 0 Å². The first-order chi connectivity index (χ1) is 37.1. The molecule has 5 heteroatoms. The predicted octanol–water partition coefficient (Wildman–Crippen LogP) is 16.7. The molecule has 3 heterocycles. The molecule has 2 aromatic heterocycles. The van der Waals surface area contributed by atoms with Crippen LogP contribution < -0.4 is 10.2 Å². The Labute approximate surface area is 440 Å². The van der Waals surface area contributed by atoms with E-state index in [0.29, 0.717) is 0 Å². The van der Waals surface area contributed by atoms with Crippen LogP contribution in [0.15, 0.2) is 268 Å². The van der Waals surface area contributed by atoms with E-state index in [9.17, 15) is 0 Å². The summed E-state index contributed by atoms with van der Waals surface area (Å²) < 4.78 is 2.15. The number of imidazole rings is 1. The molecule has 1 aliphatic heterocycles. The summed E-state index contributed by atoms with van der Waals surface area (Å²) >= 11 is 0. The van der Waals surface area contributed by atoms with Crippen molar-refractivity contribution in [2.75, 3.05) is 4.90 Å². The molecule has 0 aliphatic carbocycles. The normalized spacial score (nSPS) is 13.0. The monoisotopic (exact) mass is 967 g/mol. The molecule has 1 unspecified atom stereocenters. The van der Waals surface area contributed by atoms with Crippen LogP contribution in [-0.4, -0.2) is 14.5 Å². The SMILES string of the molecule is Cc1ccnc(-c2ccc(-c3ccccc3-c3cc(CCc4ccc(-c5nccn5-c5ccccc5)cc4)cc(CCc4ccc(C5NC=CN5c5ccccc5)cc4)c3)c(-c3ccc(-c4ccccc4)cc3)c2)c1. The second kappa shape index (κ2) is 21.4. The Morgan fingerprint density at radius 3 is 1.65 bits per heavy atom. The molecule has 11 aromatic rings. The number of anilines is 1. The first kappa shape index (κ1) is 46.7. The summed E-state index contributed by atoms with van der Waals surface area (Å²) in [6.45, 7) is 2.13. The fourth-order valence-electron chi connectivity index (χ4n) is 10.6. The molecule has 5 nitrogen and oxygen atoms in total. The van der Waals surface area contributed by atoms with E-state index in [0.717, 1.165) is 59.6 Å². The van der Waals surface area contributed by atoms with Crippen LogP contribution in [0.5, 0.6) is 0 Å². The quantitative estimate of drug-likeness (QED) is 0.111. The molecule has 362 valence electrons. The smallest absolute Gasteiger partial charge is 0.144 e. The van der Waals surface area contributed by atoms with Gasteiger partial charge in [0.15, 0.2) is 0 Å². The third-order valence-electron chi connectivity index (χ3n) is 14.5. The lowest BCUT2D eigenvalue weighted by Gasteiger charge is -2.26. The maximum absolute atomic E-state index is 4.82. The fourth-order valence-corrected chi connectivity index (χ4v) is 10.6. The molecule has 9 aromatic carbocycles. The van der Waals surface area contributed by atoms with Gasteiger partial charge in [-0.2, -0.15) is 0 Å². The number of para-hydroxylation sites is 2. The van der Waals surface area contributed by atoms with Crippen LogP contribution in [0.1, 0.15) is 39.5 Å². The molecular weight excluding hydrogens is 911 g/mol. The maximum atomic E-state index is 4.82. The lowest BCUT2D eigenvalue weighted by Crippen LogP contribution is -2.26. The predicted molar refractivity (Wildman–Crippen MR) is 310 cm³/mol. The minimum absolute atomic E-state index is 0.0546. The third-order valence-corrected chi connectivity index (χ3v) is 14.5. The van der Waals surface area contributed by atoms with Gasteiger partial charge in [0.1, 0.15) is 12.0 Å². The summed E-state index contributed by atoms with van der Waals surface area (Å²) in [5.74, 6) is 0.939. The van der Waals surface area contributed by atoms with Gasteiger partial charge in [0.05, 0.1) is 5.69 Å². The fraction of sp³-hybridized carbons (Fsp3) is 0.0857. The Morgan fingerprint density at radius 1 is 0.400 bits per heavy atom. The van der Waals surface area contributed by atoms with Crippen LogP contribution in [0, 0.1) is 6.92 Å². The number of nitrogens with zero attached hydrogens (tertiary/aromatic N) is 4. The van der Waals surface area contributed by atoms with Gasteiger partial charge in [-0.15, -0.1) is 0 Å². The zero-order chi connectivity index (χ0) is 50.3. The summed E-state index contributed by atoms with van der Waals surface area (Å²) in [7, 11) is 0. The van der Waals surface area contributed by atoms with Crippen molar-refractivity contribution in [2.24, 2.45) is 0 Å². The average Bonchev–Trinajstić information content (AvgIpc) is 4.19. The van der Waals surface area contributed by atoms with Gasteiger partial charge < -0.3 is 10.2 Å². The number of aryl methyl sites for hydroxylation is 5. The van der Waals surface area contributed by atoms with E-state index in [-0.39, 0.29) is 6.17 Å². The standard InChI is InChI=1S/C70H57N5/c1-50-39-40-71-68(45-50)60-37-38-66(67(49-60)57-35-33-56(34-36-57)55-13-5-2-6-14-55)65-20-12-11-19-64(65)61-47-53(23-21-51-25-29-58(30-26-51)69-72-41-43-74(69)62-15-7-3-8-16-62)46-54(48-61)24-22-52-27-31-59(32-28-52)70-73-42-44-75(70)63-17-9-4-10-18-63/h2-20,25-49,69,72H,21-24H2,1H3. The first-order valence-electron chi connectivity index (χ1n) is 26.0. The topological polar surface area (TPSA) is 46.0 Å². The van der Waals surface area contributed by atoms with Crippen molar-refractivity contribution in [3.8, 4) is 72.8 Å². The number of hydrogen-bond acceptors (Lipinski definition) is 4. The van der Waals surface area contributed by atoms with E-state index in [4.69, 9.17) is 9.97 Å². The highest BCUT2D eigenvalue weighted by atomic mass is 15.3. The van der Waals surface area contributed by atoms with Gasteiger partial charge in [-0.25, -0.2) is 4.98 Å². The number of pyridine rings is 1.